The maximum absolute atomic E-state index is 12.6. The number of ether oxygens (including phenoxy) is 2. The predicted molar refractivity (Wildman–Crippen MR) is 222 cm³/mol. The smallest absolute Gasteiger partial charge is 0.306 e. The summed E-state index contributed by atoms with van der Waals surface area (Å²) < 4.78 is 33.7. The highest BCUT2D eigenvalue weighted by atomic mass is 31.2. The Labute approximate surface area is 330 Å². The van der Waals surface area contributed by atoms with Crippen molar-refractivity contribution in [1.29, 1.82) is 0 Å². The summed E-state index contributed by atoms with van der Waals surface area (Å²) in [5.41, 5.74) is 0. The molecular formula is C44H78NO8P. The van der Waals surface area contributed by atoms with Crippen LogP contribution in [0.25, 0.3) is 0 Å². The molecule has 10 heteroatoms. The molecule has 0 aliphatic heterocycles. The molecule has 0 aliphatic rings. The first-order valence-electron chi connectivity index (χ1n) is 21.0. The van der Waals surface area contributed by atoms with Gasteiger partial charge < -0.3 is 27.9 Å². The zero-order valence-corrected chi connectivity index (χ0v) is 35.8. The molecule has 0 aromatic heterocycles. The first kappa shape index (κ1) is 51.7. The number of nitrogens with zero attached hydrogens (tertiary/aromatic N) is 1. The highest BCUT2D eigenvalue weighted by Gasteiger charge is 2.21. The number of rotatable bonds is 37. The first-order valence-corrected chi connectivity index (χ1v) is 22.5. The zero-order chi connectivity index (χ0) is 40.0. The van der Waals surface area contributed by atoms with Crippen LogP contribution in [0.2, 0.25) is 0 Å². The molecule has 0 rings (SSSR count). The Morgan fingerprint density at radius 1 is 0.574 bits per heavy atom. The predicted octanol–water partition coefficient (Wildman–Crippen LogP) is 11.1. The lowest BCUT2D eigenvalue weighted by molar-refractivity contribution is -0.870. The van der Waals surface area contributed by atoms with Gasteiger partial charge in [-0.1, -0.05) is 152 Å². The Bertz CT molecular complexity index is 1110. The number of quaternary nitrogens is 1. The number of carbonyl (C=O) groups is 2. The molecule has 0 saturated heterocycles. The molecule has 0 N–H and O–H groups in total. The summed E-state index contributed by atoms with van der Waals surface area (Å²) >= 11 is 0. The number of phosphoric acid groups is 1. The van der Waals surface area contributed by atoms with Gasteiger partial charge in [0.05, 0.1) is 27.7 Å². The summed E-state index contributed by atoms with van der Waals surface area (Å²) in [4.78, 5) is 37.4. The van der Waals surface area contributed by atoms with Crippen molar-refractivity contribution in [3.63, 3.8) is 0 Å². The molecule has 54 heavy (non-hydrogen) atoms. The molecule has 0 fully saturated rings. The summed E-state index contributed by atoms with van der Waals surface area (Å²) in [5.74, 6) is -0.935. The number of hydrogen-bond acceptors (Lipinski definition) is 8. The van der Waals surface area contributed by atoms with Crippen LogP contribution < -0.4 is 4.89 Å². The van der Waals surface area contributed by atoms with Crippen molar-refractivity contribution in [2.24, 2.45) is 0 Å². The van der Waals surface area contributed by atoms with Crippen molar-refractivity contribution >= 4 is 19.8 Å². The number of unbranched alkanes of at least 4 members (excludes halogenated alkanes) is 13. The van der Waals surface area contributed by atoms with E-state index in [0.717, 1.165) is 44.9 Å². The van der Waals surface area contributed by atoms with Crippen molar-refractivity contribution in [2.75, 3.05) is 47.5 Å². The average molecular weight is 780 g/mol. The van der Waals surface area contributed by atoms with Crippen LogP contribution in [-0.2, 0) is 32.7 Å². The second kappa shape index (κ2) is 36.4. The van der Waals surface area contributed by atoms with Crippen molar-refractivity contribution in [3.8, 4) is 0 Å². The number of carbonyl (C=O) groups excluding carboxylic acids is 2. The molecule has 0 saturated carbocycles. The standard InChI is InChI=1S/C44H78NO8P/c1-6-8-10-12-14-16-18-19-20-21-22-23-24-25-27-29-31-33-35-37-44(47)53-42(41-52-54(48,49)51-39-38-45(3,4)5)40-50-43(46)36-34-32-30-28-26-17-15-13-11-9-7-2/h14,16,19-20,22-23,25,27,31,33,42H,6-13,15,17-18,21,24,26,28-30,32,34-41H2,1-5H3/b16-14-,20-19-,23-22-,27-25-,33-31-/t42-/m1/s1. The van der Waals surface area contributed by atoms with Crippen molar-refractivity contribution in [3.05, 3.63) is 60.8 Å². The van der Waals surface area contributed by atoms with Gasteiger partial charge in [0.1, 0.15) is 19.8 Å². The third-order valence-corrected chi connectivity index (χ3v) is 9.52. The van der Waals surface area contributed by atoms with Crippen LogP contribution in [0.15, 0.2) is 60.8 Å². The van der Waals surface area contributed by atoms with Crippen LogP contribution in [0.3, 0.4) is 0 Å². The van der Waals surface area contributed by atoms with E-state index in [1.54, 1.807) is 0 Å². The highest BCUT2D eigenvalue weighted by Crippen LogP contribution is 2.38. The van der Waals surface area contributed by atoms with E-state index in [-0.39, 0.29) is 26.1 Å². The monoisotopic (exact) mass is 780 g/mol. The third kappa shape index (κ3) is 39.4. The van der Waals surface area contributed by atoms with Crippen LogP contribution in [0.5, 0.6) is 0 Å². The van der Waals surface area contributed by atoms with E-state index in [9.17, 15) is 19.0 Å². The van der Waals surface area contributed by atoms with Crippen LogP contribution >= 0.6 is 7.82 Å². The van der Waals surface area contributed by atoms with Gasteiger partial charge in [-0.05, 0) is 51.4 Å². The first-order chi connectivity index (χ1) is 26.0. The van der Waals surface area contributed by atoms with Gasteiger partial charge in [-0.3, -0.25) is 14.2 Å². The van der Waals surface area contributed by atoms with E-state index >= 15 is 0 Å². The fourth-order valence-corrected chi connectivity index (χ4v) is 5.95. The Morgan fingerprint density at radius 3 is 1.56 bits per heavy atom. The topological polar surface area (TPSA) is 111 Å². The van der Waals surface area contributed by atoms with Gasteiger partial charge in [0.15, 0.2) is 6.10 Å². The quantitative estimate of drug-likeness (QED) is 0.0201. The molecule has 0 heterocycles. The van der Waals surface area contributed by atoms with Gasteiger partial charge >= 0.3 is 11.9 Å². The molecular weight excluding hydrogens is 701 g/mol. The van der Waals surface area contributed by atoms with Crippen molar-refractivity contribution in [1.82, 2.24) is 0 Å². The van der Waals surface area contributed by atoms with Gasteiger partial charge in [0.2, 0.25) is 0 Å². The number of likely N-dealkylation sites (N-methyl/N-ethyl adjacent to an activating group) is 1. The molecule has 0 bridgehead atoms. The van der Waals surface area contributed by atoms with Crippen LogP contribution in [0.1, 0.15) is 155 Å². The van der Waals surface area contributed by atoms with E-state index in [4.69, 9.17) is 18.5 Å². The second-order valence-corrected chi connectivity index (χ2v) is 16.4. The number of esters is 2. The molecule has 312 valence electrons. The number of hydrogen-bond donors (Lipinski definition) is 0. The molecule has 0 spiro atoms. The minimum atomic E-state index is -4.64. The minimum Gasteiger partial charge on any atom is -0.756 e. The van der Waals surface area contributed by atoms with E-state index in [2.05, 4.69) is 62.5 Å². The lowest BCUT2D eigenvalue weighted by Crippen LogP contribution is -2.37. The van der Waals surface area contributed by atoms with Gasteiger partial charge in [-0.15, -0.1) is 0 Å². The van der Waals surface area contributed by atoms with Crippen LogP contribution in [-0.4, -0.2) is 70.0 Å². The van der Waals surface area contributed by atoms with E-state index in [1.165, 1.54) is 77.0 Å². The molecule has 0 radical (unpaired) electrons. The molecule has 2 atom stereocenters. The summed E-state index contributed by atoms with van der Waals surface area (Å²) in [7, 11) is 1.11. The second-order valence-electron chi connectivity index (χ2n) is 15.0. The molecule has 0 amide bonds. The van der Waals surface area contributed by atoms with Gasteiger partial charge in [0.25, 0.3) is 7.82 Å². The molecule has 0 aliphatic carbocycles. The zero-order valence-electron chi connectivity index (χ0n) is 34.9. The van der Waals surface area contributed by atoms with E-state index < -0.39 is 32.5 Å². The Kier molecular flexibility index (Phi) is 34.8. The van der Waals surface area contributed by atoms with Crippen molar-refractivity contribution < 1.29 is 42.1 Å². The fraction of sp³-hybridized carbons (Fsp3) is 0.727. The fourth-order valence-electron chi connectivity index (χ4n) is 5.22. The Hall–Kier alpha value is -2.29. The normalized spacial score (nSPS) is 14.3. The summed E-state index contributed by atoms with van der Waals surface area (Å²) in [6, 6.07) is 0. The highest BCUT2D eigenvalue weighted by molar-refractivity contribution is 7.45. The lowest BCUT2D eigenvalue weighted by Gasteiger charge is -2.28. The molecule has 1 unspecified atom stereocenters. The van der Waals surface area contributed by atoms with Crippen LogP contribution in [0.4, 0.5) is 0 Å². The van der Waals surface area contributed by atoms with Gasteiger partial charge in [-0.25, -0.2) is 0 Å². The summed E-state index contributed by atoms with van der Waals surface area (Å²) in [6.45, 7) is 4.08. The Morgan fingerprint density at radius 2 is 1.04 bits per heavy atom. The number of allylic oxidation sites excluding steroid dienone is 10. The average Bonchev–Trinajstić information content (AvgIpc) is 3.12. The summed E-state index contributed by atoms with van der Waals surface area (Å²) in [6.07, 6.45) is 42.6. The molecule has 0 aromatic carbocycles. The maximum atomic E-state index is 12.6. The van der Waals surface area contributed by atoms with E-state index in [1.807, 2.05) is 33.3 Å². The Balaban J connectivity index is 4.52. The van der Waals surface area contributed by atoms with Gasteiger partial charge in [0, 0.05) is 12.8 Å². The van der Waals surface area contributed by atoms with Gasteiger partial charge in [-0.2, -0.15) is 0 Å². The minimum absolute atomic E-state index is 0.0456. The molecule has 9 nitrogen and oxygen atoms in total. The maximum Gasteiger partial charge on any atom is 0.306 e. The third-order valence-electron chi connectivity index (χ3n) is 8.55. The van der Waals surface area contributed by atoms with Crippen LogP contribution in [0, 0.1) is 0 Å². The summed E-state index contributed by atoms with van der Waals surface area (Å²) in [5, 5.41) is 0. The molecule has 0 aromatic rings. The SMILES string of the molecule is CCCCC/C=C\C/C=C\C/C=C\C/C=C\C/C=C\CCC(=O)O[C@H](COC(=O)CCCCCCCCCCCCC)COP(=O)([O-])OCC[N+](C)(C)C. The van der Waals surface area contributed by atoms with E-state index in [0.29, 0.717) is 17.4 Å². The largest absolute Gasteiger partial charge is 0.756 e. The lowest BCUT2D eigenvalue weighted by atomic mass is 10.1. The number of phosphoric ester groups is 1. The van der Waals surface area contributed by atoms with Crippen molar-refractivity contribution in [2.45, 2.75) is 161 Å².